The molecule has 2 aromatic rings. The molecule has 0 saturated carbocycles. The Morgan fingerprint density at radius 3 is 1.74 bits per heavy atom. The molecule has 1 fully saturated rings. The van der Waals surface area contributed by atoms with E-state index in [1.54, 1.807) is 18.2 Å². The predicted molar refractivity (Wildman–Crippen MR) is 101 cm³/mol. The molecule has 0 aliphatic carbocycles. The molecule has 3 rings (SSSR count). The molecule has 146 valence electrons. The molecule has 6 nitrogen and oxygen atoms in total. The summed E-state index contributed by atoms with van der Waals surface area (Å²) in [6.45, 7) is 4.28. The van der Waals surface area contributed by atoms with E-state index in [0.29, 0.717) is 17.2 Å². The SMILES string of the molecule is COc1cc([C@@H]2O[C@@H](c3cc(OC)c(O)c(OC)c3)[C@H](C)[C@H]2C)ccc1O. The van der Waals surface area contributed by atoms with E-state index in [2.05, 4.69) is 13.8 Å². The molecule has 0 aromatic heterocycles. The summed E-state index contributed by atoms with van der Waals surface area (Å²) in [5.41, 5.74) is 1.83. The second-order valence-corrected chi connectivity index (χ2v) is 6.90. The summed E-state index contributed by atoms with van der Waals surface area (Å²) < 4.78 is 22.2. The molecule has 4 atom stereocenters. The number of rotatable bonds is 5. The number of methoxy groups -OCH3 is 3. The molecular weight excluding hydrogens is 348 g/mol. The van der Waals surface area contributed by atoms with E-state index in [9.17, 15) is 10.2 Å². The van der Waals surface area contributed by atoms with Crippen LogP contribution in [-0.2, 0) is 4.74 Å². The van der Waals surface area contributed by atoms with Gasteiger partial charge < -0.3 is 29.2 Å². The lowest BCUT2D eigenvalue weighted by atomic mass is 9.85. The van der Waals surface area contributed by atoms with Gasteiger partial charge >= 0.3 is 0 Å². The van der Waals surface area contributed by atoms with Crippen molar-refractivity contribution in [1.82, 2.24) is 0 Å². The molecular formula is C21H26O6. The summed E-state index contributed by atoms with van der Waals surface area (Å²) >= 11 is 0. The number of ether oxygens (including phenoxy) is 4. The van der Waals surface area contributed by atoms with Gasteiger partial charge in [0.15, 0.2) is 23.0 Å². The lowest BCUT2D eigenvalue weighted by molar-refractivity contribution is 0.0286. The van der Waals surface area contributed by atoms with Gasteiger partial charge in [0.05, 0.1) is 33.5 Å². The zero-order valence-electron chi connectivity index (χ0n) is 16.2. The van der Waals surface area contributed by atoms with E-state index in [-0.39, 0.29) is 35.5 Å². The quantitative estimate of drug-likeness (QED) is 0.816. The standard InChI is InChI=1S/C21H26O6/c1-11-12(2)21(14-9-17(25-4)19(23)18(10-14)26-5)27-20(11)13-6-7-15(22)16(8-13)24-3/h6-12,20-23H,1-5H3/t11-,12-,20-,21-/m1/s1. The van der Waals surface area contributed by atoms with Gasteiger partial charge in [0.2, 0.25) is 5.75 Å². The fourth-order valence-corrected chi connectivity index (χ4v) is 3.67. The van der Waals surface area contributed by atoms with Crippen molar-refractivity contribution >= 4 is 0 Å². The lowest BCUT2D eigenvalue weighted by Gasteiger charge is -2.19. The minimum Gasteiger partial charge on any atom is -0.504 e. The smallest absolute Gasteiger partial charge is 0.200 e. The summed E-state index contributed by atoms with van der Waals surface area (Å²) in [7, 11) is 4.54. The highest BCUT2D eigenvalue weighted by Crippen LogP contribution is 2.51. The molecule has 1 saturated heterocycles. The van der Waals surface area contributed by atoms with Crippen LogP contribution in [0.1, 0.15) is 37.2 Å². The van der Waals surface area contributed by atoms with Crippen molar-refractivity contribution in [3.8, 4) is 28.7 Å². The topological polar surface area (TPSA) is 77.4 Å². The number of hydrogen-bond acceptors (Lipinski definition) is 6. The van der Waals surface area contributed by atoms with Crippen molar-refractivity contribution in [3.63, 3.8) is 0 Å². The third kappa shape index (κ3) is 3.37. The van der Waals surface area contributed by atoms with Crippen molar-refractivity contribution in [3.05, 3.63) is 41.5 Å². The molecule has 0 spiro atoms. The van der Waals surface area contributed by atoms with E-state index >= 15 is 0 Å². The van der Waals surface area contributed by atoms with E-state index in [1.807, 2.05) is 12.1 Å². The van der Waals surface area contributed by atoms with Crippen LogP contribution in [0.15, 0.2) is 30.3 Å². The van der Waals surface area contributed by atoms with E-state index in [4.69, 9.17) is 18.9 Å². The highest BCUT2D eigenvalue weighted by Gasteiger charge is 2.41. The second kappa shape index (κ2) is 7.56. The monoisotopic (exact) mass is 374 g/mol. The van der Waals surface area contributed by atoms with Gasteiger partial charge in [-0.05, 0) is 47.2 Å². The minimum atomic E-state index is -0.187. The number of benzene rings is 2. The van der Waals surface area contributed by atoms with E-state index in [0.717, 1.165) is 11.1 Å². The molecule has 0 amide bonds. The van der Waals surface area contributed by atoms with Gasteiger partial charge in [-0.1, -0.05) is 19.9 Å². The number of aromatic hydroxyl groups is 2. The molecule has 6 heteroatoms. The van der Waals surface area contributed by atoms with Gasteiger partial charge in [0.25, 0.3) is 0 Å². The average molecular weight is 374 g/mol. The maximum Gasteiger partial charge on any atom is 0.200 e. The van der Waals surface area contributed by atoms with Gasteiger partial charge in [0, 0.05) is 0 Å². The predicted octanol–water partition coefficient (Wildman–Crippen LogP) is 4.21. The molecule has 1 heterocycles. The molecule has 1 aliphatic heterocycles. The first-order valence-electron chi connectivity index (χ1n) is 8.88. The zero-order chi connectivity index (χ0) is 19.7. The number of hydrogen-bond donors (Lipinski definition) is 2. The van der Waals surface area contributed by atoms with Gasteiger partial charge in [-0.2, -0.15) is 0 Å². The molecule has 2 N–H and O–H groups in total. The van der Waals surface area contributed by atoms with Crippen LogP contribution in [0.5, 0.6) is 28.7 Å². The van der Waals surface area contributed by atoms with Crippen LogP contribution in [0, 0.1) is 11.8 Å². The number of phenolic OH excluding ortho intramolecular Hbond substituents is 2. The van der Waals surface area contributed by atoms with Crippen molar-refractivity contribution in [2.75, 3.05) is 21.3 Å². The molecule has 27 heavy (non-hydrogen) atoms. The Balaban J connectivity index is 1.96. The third-order valence-electron chi connectivity index (χ3n) is 5.44. The third-order valence-corrected chi connectivity index (χ3v) is 5.44. The summed E-state index contributed by atoms with van der Waals surface area (Å²) in [6, 6.07) is 8.85. The van der Waals surface area contributed by atoms with Crippen LogP contribution in [-0.4, -0.2) is 31.5 Å². The highest BCUT2D eigenvalue weighted by atomic mass is 16.5. The van der Waals surface area contributed by atoms with Crippen LogP contribution in [0.4, 0.5) is 0 Å². The fraction of sp³-hybridized carbons (Fsp3) is 0.429. The molecule has 0 unspecified atom stereocenters. The Morgan fingerprint density at radius 2 is 1.22 bits per heavy atom. The summed E-state index contributed by atoms with van der Waals surface area (Å²) in [4.78, 5) is 0. The second-order valence-electron chi connectivity index (χ2n) is 6.90. The van der Waals surface area contributed by atoms with E-state index in [1.165, 1.54) is 21.3 Å². The van der Waals surface area contributed by atoms with Crippen molar-refractivity contribution < 1.29 is 29.2 Å². The first kappa shape index (κ1) is 19.2. The first-order chi connectivity index (χ1) is 12.9. The average Bonchev–Trinajstić information content (AvgIpc) is 2.97. The Hall–Kier alpha value is -2.60. The summed E-state index contributed by atoms with van der Waals surface area (Å²) in [5, 5.41) is 20.0. The van der Waals surface area contributed by atoms with Crippen LogP contribution in [0.2, 0.25) is 0 Å². The van der Waals surface area contributed by atoms with Crippen LogP contribution >= 0.6 is 0 Å². The maximum absolute atomic E-state index is 10.2. The Labute approximate surface area is 159 Å². The summed E-state index contributed by atoms with van der Waals surface area (Å²) in [5.74, 6) is 1.65. The Kier molecular flexibility index (Phi) is 5.37. The van der Waals surface area contributed by atoms with Crippen molar-refractivity contribution in [2.45, 2.75) is 26.1 Å². The highest BCUT2D eigenvalue weighted by molar-refractivity contribution is 5.53. The Morgan fingerprint density at radius 1 is 0.741 bits per heavy atom. The normalized spacial score (nSPS) is 24.6. The lowest BCUT2D eigenvalue weighted by Crippen LogP contribution is -2.10. The maximum atomic E-state index is 10.2. The molecule has 2 aromatic carbocycles. The molecule has 1 aliphatic rings. The fourth-order valence-electron chi connectivity index (χ4n) is 3.67. The van der Waals surface area contributed by atoms with E-state index < -0.39 is 0 Å². The van der Waals surface area contributed by atoms with Crippen molar-refractivity contribution in [1.29, 1.82) is 0 Å². The minimum absolute atomic E-state index is 0.0257. The summed E-state index contributed by atoms with van der Waals surface area (Å²) in [6.07, 6.45) is -0.335. The Bertz CT molecular complexity index is 793. The van der Waals surface area contributed by atoms with Crippen LogP contribution < -0.4 is 14.2 Å². The van der Waals surface area contributed by atoms with Crippen molar-refractivity contribution in [2.24, 2.45) is 11.8 Å². The molecule has 0 radical (unpaired) electrons. The van der Waals surface area contributed by atoms with Crippen LogP contribution in [0.25, 0.3) is 0 Å². The zero-order valence-corrected chi connectivity index (χ0v) is 16.2. The largest absolute Gasteiger partial charge is 0.504 e. The van der Waals surface area contributed by atoms with Gasteiger partial charge in [0.1, 0.15) is 0 Å². The first-order valence-corrected chi connectivity index (χ1v) is 8.88. The van der Waals surface area contributed by atoms with Gasteiger partial charge in [-0.3, -0.25) is 0 Å². The molecule has 0 bridgehead atoms. The number of phenols is 2. The van der Waals surface area contributed by atoms with Gasteiger partial charge in [-0.25, -0.2) is 0 Å². The van der Waals surface area contributed by atoms with Crippen LogP contribution in [0.3, 0.4) is 0 Å². The van der Waals surface area contributed by atoms with Gasteiger partial charge in [-0.15, -0.1) is 0 Å².